The van der Waals surface area contributed by atoms with Crippen molar-refractivity contribution in [2.75, 3.05) is 18.9 Å². The molecule has 176 valence electrons. The first-order valence-electron chi connectivity index (χ1n) is 10.1. The van der Waals surface area contributed by atoms with Crippen molar-refractivity contribution in [2.45, 2.75) is 64.0 Å². The lowest BCUT2D eigenvalue weighted by Gasteiger charge is -2.28. The molecule has 0 aliphatic carbocycles. The fraction of sp³-hybridized carbons (Fsp3) is 0.632. The summed E-state index contributed by atoms with van der Waals surface area (Å²) >= 11 is 4.28. The number of aromatic amines is 1. The molecule has 2 unspecified atom stereocenters. The van der Waals surface area contributed by atoms with Crippen LogP contribution in [0.25, 0.3) is 11.2 Å². The number of H-pyrrole nitrogens is 1. The number of nitrogen functional groups attached to an aromatic ring is 1. The number of nitrogens with zero attached hydrogens (tertiary/aromatic N) is 3. The van der Waals surface area contributed by atoms with Crippen LogP contribution in [0.1, 0.15) is 33.9 Å². The number of fused-ring (bicyclic) bond motifs is 1. The Morgan fingerprint density at radius 3 is 2.75 bits per heavy atom. The Hall–Kier alpha value is -1.87. The normalized spacial score (nSPS) is 25.4. The summed E-state index contributed by atoms with van der Waals surface area (Å²) in [5.74, 6) is 2.35. The molecule has 11 nitrogen and oxygen atoms in total. The van der Waals surface area contributed by atoms with E-state index in [1.807, 2.05) is 13.8 Å². The summed E-state index contributed by atoms with van der Waals surface area (Å²) in [5.41, 5.74) is 5.17. The average Bonchev–Trinajstić information content (AvgIpc) is 3.25. The molecule has 5 atom stereocenters. The lowest BCUT2D eigenvalue weighted by molar-refractivity contribution is -0.0783. The highest BCUT2D eigenvalue weighted by atomic mass is 32.7. The average molecular weight is 486 g/mol. The van der Waals surface area contributed by atoms with Crippen molar-refractivity contribution < 1.29 is 23.3 Å². The predicted molar refractivity (Wildman–Crippen MR) is 123 cm³/mol. The van der Waals surface area contributed by atoms with Gasteiger partial charge in [-0.3, -0.25) is 18.9 Å². The molecule has 0 bridgehead atoms. The lowest BCUT2D eigenvalue weighted by Crippen LogP contribution is -2.38. The molecule has 0 saturated carbocycles. The number of thiol groups is 1. The molecule has 1 fully saturated rings. The Bertz CT molecular complexity index is 1100. The Morgan fingerprint density at radius 1 is 1.41 bits per heavy atom. The Labute approximate surface area is 191 Å². The van der Waals surface area contributed by atoms with E-state index >= 15 is 0 Å². The van der Waals surface area contributed by atoms with Crippen molar-refractivity contribution in [3.8, 4) is 12.3 Å². The van der Waals surface area contributed by atoms with Crippen molar-refractivity contribution in [3.05, 3.63) is 16.7 Å². The Balaban J connectivity index is 2.05. The largest absolute Gasteiger partial charge is 0.376 e. The van der Waals surface area contributed by atoms with Gasteiger partial charge >= 0.3 is 0 Å². The van der Waals surface area contributed by atoms with Gasteiger partial charge in [0.05, 0.1) is 19.0 Å². The molecule has 3 N–H and O–H groups in total. The second-order valence-electron chi connectivity index (χ2n) is 7.93. The van der Waals surface area contributed by atoms with Gasteiger partial charge in [-0.2, -0.15) is 4.98 Å². The standard InChI is InChI=1S/C19H28N5O6PS/c1-6-7-27-15-14(30-31(26,32)11(4)5)12(8-28-10(2)3)29-18(15)24-9-21-13-16(24)22-19(20)23-17(13)25/h1,9-12,14-15,18H,7-8H2,2-5H3,(H,26,32)(H3,20,22,23,25)/t12-,14+,15?,18-,31?/m1/s1. The molecule has 3 rings (SSSR count). The van der Waals surface area contributed by atoms with Gasteiger partial charge in [0.1, 0.15) is 24.9 Å². The highest BCUT2D eigenvalue weighted by molar-refractivity contribution is 8.46. The van der Waals surface area contributed by atoms with Crippen LogP contribution in [-0.2, 0) is 23.3 Å². The number of imidazole rings is 1. The lowest BCUT2D eigenvalue weighted by atomic mass is 10.1. The van der Waals surface area contributed by atoms with E-state index in [0.717, 1.165) is 0 Å². The smallest absolute Gasteiger partial charge is 0.280 e. The molecular formula is C19H28N5O6PS. The number of anilines is 1. The molecule has 0 radical (unpaired) electrons. The van der Waals surface area contributed by atoms with Crippen LogP contribution in [0.5, 0.6) is 0 Å². The molecule has 1 aliphatic heterocycles. The highest BCUT2D eigenvalue weighted by Crippen LogP contribution is 2.59. The van der Waals surface area contributed by atoms with Gasteiger partial charge in [0.15, 0.2) is 17.4 Å². The van der Waals surface area contributed by atoms with Crippen LogP contribution in [-0.4, -0.2) is 62.8 Å². The topological polar surface area (TPSA) is 144 Å². The monoisotopic (exact) mass is 485 g/mol. The van der Waals surface area contributed by atoms with Gasteiger partial charge in [-0.15, -0.1) is 6.42 Å². The third-order valence-electron chi connectivity index (χ3n) is 4.89. The number of ether oxygens (including phenoxy) is 3. The molecule has 3 heterocycles. The van der Waals surface area contributed by atoms with Gasteiger partial charge in [0, 0.05) is 5.66 Å². The minimum atomic E-state index is -3.32. The molecular weight excluding hydrogens is 457 g/mol. The molecule has 1 saturated heterocycles. The van der Waals surface area contributed by atoms with Crippen LogP contribution in [0.15, 0.2) is 11.1 Å². The summed E-state index contributed by atoms with van der Waals surface area (Å²) in [4.78, 5) is 22.9. The van der Waals surface area contributed by atoms with Gasteiger partial charge in [-0.05, 0) is 13.8 Å². The quantitative estimate of drug-likeness (QED) is 0.276. The Morgan fingerprint density at radius 2 is 2.12 bits per heavy atom. The van der Waals surface area contributed by atoms with E-state index in [4.69, 9.17) is 30.9 Å². The number of nitrogens with two attached hydrogens (primary N) is 1. The number of rotatable bonds is 9. The first-order chi connectivity index (χ1) is 15.0. The number of aromatic nitrogens is 4. The minimum absolute atomic E-state index is 0.0521. The second kappa shape index (κ2) is 9.95. The molecule has 0 spiro atoms. The van der Waals surface area contributed by atoms with Crippen LogP contribution in [0, 0.1) is 12.3 Å². The zero-order valence-electron chi connectivity index (χ0n) is 18.3. The van der Waals surface area contributed by atoms with E-state index in [1.165, 1.54) is 10.9 Å². The molecule has 32 heavy (non-hydrogen) atoms. The van der Waals surface area contributed by atoms with Crippen LogP contribution < -0.4 is 11.3 Å². The van der Waals surface area contributed by atoms with E-state index in [-0.39, 0.29) is 42.1 Å². The number of terminal acetylenes is 1. The van der Waals surface area contributed by atoms with Crippen molar-refractivity contribution in [1.29, 1.82) is 0 Å². The maximum atomic E-state index is 13.0. The number of nitrogens with one attached hydrogen (secondary N) is 1. The van der Waals surface area contributed by atoms with Crippen molar-refractivity contribution in [1.82, 2.24) is 19.5 Å². The molecule has 13 heteroatoms. The van der Waals surface area contributed by atoms with E-state index < -0.39 is 36.7 Å². The number of hydrogen-bond acceptors (Lipinski definition) is 9. The van der Waals surface area contributed by atoms with Crippen molar-refractivity contribution >= 4 is 35.9 Å². The maximum absolute atomic E-state index is 13.0. The van der Waals surface area contributed by atoms with Crippen LogP contribution >= 0.6 is 18.8 Å². The molecule has 1 aliphatic rings. The maximum Gasteiger partial charge on any atom is 0.280 e. The molecule has 0 amide bonds. The highest BCUT2D eigenvalue weighted by Gasteiger charge is 2.50. The summed E-state index contributed by atoms with van der Waals surface area (Å²) in [7, 11) is 0. The fourth-order valence-electron chi connectivity index (χ4n) is 3.23. The summed E-state index contributed by atoms with van der Waals surface area (Å²) < 4.78 is 38.4. The van der Waals surface area contributed by atoms with Gasteiger partial charge in [-0.25, -0.2) is 4.98 Å². The van der Waals surface area contributed by atoms with Crippen molar-refractivity contribution in [2.24, 2.45) is 0 Å². The van der Waals surface area contributed by atoms with Crippen molar-refractivity contribution in [3.63, 3.8) is 0 Å². The molecule has 0 aromatic carbocycles. The minimum Gasteiger partial charge on any atom is -0.376 e. The van der Waals surface area contributed by atoms with Gasteiger partial charge < -0.3 is 24.5 Å². The first kappa shape index (κ1) is 24.8. The van der Waals surface area contributed by atoms with Crippen LogP contribution in [0.4, 0.5) is 5.95 Å². The Kier molecular flexibility index (Phi) is 7.70. The van der Waals surface area contributed by atoms with E-state index in [0.29, 0.717) is 0 Å². The third-order valence-corrected chi connectivity index (χ3v) is 8.41. The zero-order chi connectivity index (χ0) is 23.6. The van der Waals surface area contributed by atoms with Gasteiger partial charge in [0.2, 0.25) is 5.95 Å². The molecule has 2 aromatic rings. The van der Waals surface area contributed by atoms with Crippen LogP contribution in [0.3, 0.4) is 0 Å². The summed E-state index contributed by atoms with van der Waals surface area (Å²) in [6, 6.07) is 0. The zero-order valence-corrected chi connectivity index (χ0v) is 20.1. The van der Waals surface area contributed by atoms with Gasteiger partial charge in [0.25, 0.3) is 12.1 Å². The summed E-state index contributed by atoms with van der Waals surface area (Å²) in [5, 5.41) is 0. The number of hydrogen-bond donors (Lipinski definition) is 3. The van der Waals surface area contributed by atoms with Gasteiger partial charge in [-0.1, -0.05) is 32.0 Å². The predicted octanol–water partition coefficient (Wildman–Crippen LogP) is 1.96. The first-order valence-corrected chi connectivity index (χ1v) is 12.9. The van der Waals surface area contributed by atoms with E-state index in [1.54, 1.807) is 13.8 Å². The summed E-state index contributed by atoms with van der Waals surface area (Å²) in [6.45, 7) is 4.03. The van der Waals surface area contributed by atoms with E-state index in [2.05, 4.69) is 33.1 Å². The van der Waals surface area contributed by atoms with Crippen LogP contribution in [0.2, 0.25) is 0 Å². The molecule has 2 aromatic heterocycles. The van der Waals surface area contributed by atoms with E-state index in [9.17, 15) is 9.36 Å². The SMILES string of the molecule is C#CCOC1[C@@H](OP(=O)(S)C(C)C)[C@@H](COC(C)C)O[C@H]1n1cnc2c(=O)[nH]c(N)nc21. The third kappa shape index (κ3) is 5.20. The fourth-order valence-corrected chi connectivity index (χ4v) is 4.40. The summed E-state index contributed by atoms with van der Waals surface area (Å²) in [6.07, 6.45) is 3.57. The second-order valence-corrected chi connectivity index (χ2v) is 12.0.